The quantitative estimate of drug-likeness (QED) is 0.248. The van der Waals surface area contributed by atoms with Gasteiger partial charge in [0.15, 0.2) is 11.0 Å². The molecule has 0 saturated carbocycles. The van der Waals surface area contributed by atoms with Gasteiger partial charge in [0, 0.05) is 16.4 Å². The SMILES string of the molecule is CCOc1ccc(-n2c(COc3ccc(Cl)cc3)nnc2SCC(=O)Nc2ccc(C)c(C)c2)cc1. The van der Waals surface area contributed by atoms with Gasteiger partial charge in [-0.05, 0) is 92.6 Å². The number of halogens is 1. The van der Waals surface area contributed by atoms with Gasteiger partial charge in [0.1, 0.15) is 18.1 Å². The van der Waals surface area contributed by atoms with Gasteiger partial charge in [0.05, 0.1) is 12.4 Å². The number of thioether (sulfide) groups is 1. The Morgan fingerprint density at radius 2 is 1.64 bits per heavy atom. The molecule has 7 nitrogen and oxygen atoms in total. The number of aromatic nitrogens is 3. The van der Waals surface area contributed by atoms with Crippen LogP contribution >= 0.6 is 23.4 Å². The summed E-state index contributed by atoms with van der Waals surface area (Å²) in [6.07, 6.45) is 0. The summed E-state index contributed by atoms with van der Waals surface area (Å²) in [4.78, 5) is 12.7. The minimum Gasteiger partial charge on any atom is -0.494 e. The monoisotopic (exact) mass is 522 g/mol. The van der Waals surface area contributed by atoms with Crippen LogP contribution in [0.2, 0.25) is 5.02 Å². The molecule has 0 atom stereocenters. The molecular formula is C27H27ClN4O3S. The summed E-state index contributed by atoms with van der Waals surface area (Å²) < 4.78 is 13.4. The maximum Gasteiger partial charge on any atom is 0.234 e. The molecule has 4 rings (SSSR count). The number of carbonyl (C=O) groups is 1. The second-order valence-electron chi connectivity index (χ2n) is 8.04. The van der Waals surface area contributed by atoms with Crippen LogP contribution in [0.15, 0.2) is 71.9 Å². The number of aryl methyl sites for hydroxylation is 2. The van der Waals surface area contributed by atoms with Crippen molar-refractivity contribution in [2.45, 2.75) is 32.5 Å². The molecule has 1 amide bonds. The molecule has 0 bridgehead atoms. The van der Waals surface area contributed by atoms with Crippen molar-refractivity contribution >= 4 is 35.0 Å². The highest BCUT2D eigenvalue weighted by Crippen LogP contribution is 2.25. The van der Waals surface area contributed by atoms with E-state index in [1.807, 2.05) is 67.8 Å². The Morgan fingerprint density at radius 1 is 0.944 bits per heavy atom. The van der Waals surface area contributed by atoms with Crippen LogP contribution in [-0.2, 0) is 11.4 Å². The van der Waals surface area contributed by atoms with Crippen molar-refractivity contribution in [3.63, 3.8) is 0 Å². The van der Waals surface area contributed by atoms with Gasteiger partial charge in [-0.2, -0.15) is 0 Å². The molecule has 0 fully saturated rings. The molecule has 1 N–H and O–H groups in total. The van der Waals surface area contributed by atoms with Crippen LogP contribution in [0.25, 0.3) is 5.69 Å². The minimum atomic E-state index is -0.122. The first kappa shape index (κ1) is 25.6. The van der Waals surface area contributed by atoms with Gasteiger partial charge in [-0.15, -0.1) is 10.2 Å². The van der Waals surface area contributed by atoms with Crippen LogP contribution in [0.4, 0.5) is 5.69 Å². The van der Waals surface area contributed by atoms with Gasteiger partial charge < -0.3 is 14.8 Å². The number of ether oxygens (including phenoxy) is 2. The van der Waals surface area contributed by atoms with Crippen LogP contribution in [0.3, 0.4) is 0 Å². The van der Waals surface area contributed by atoms with Crippen molar-refractivity contribution in [2.24, 2.45) is 0 Å². The van der Waals surface area contributed by atoms with Gasteiger partial charge in [0.25, 0.3) is 0 Å². The summed E-state index contributed by atoms with van der Waals surface area (Å²) in [6.45, 7) is 6.78. The Labute approximate surface area is 219 Å². The third-order valence-corrected chi connectivity index (χ3v) is 6.59. The van der Waals surface area contributed by atoms with Crippen molar-refractivity contribution in [3.05, 3.63) is 88.7 Å². The van der Waals surface area contributed by atoms with E-state index < -0.39 is 0 Å². The van der Waals surface area contributed by atoms with Crippen molar-refractivity contribution in [1.82, 2.24) is 14.8 Å². The molecule has 36 heavy (non-hydrogen) atoms. The largest absolute Gasteiger partial charge is 0.494 e. The lowest BCUT2D eigenvalue weighted by Crippen LogP contribution is -2.15. The Kier molecular flexibility index (Phi) is 8.51. The minimum absolute atomic E-state index is 0.122. The summed E-state index contributed by atoms with van der Waals surface area (Å²) in [5.74, 6) is 2.10. The fourth-order valence-electron chi connectivity index (χ4n) is 3.43. The average molecular weight is 523 g/mol. The van der Waals surface area contributed by atoms with E-state index in [4.69, 9.17) is 21.1 Å². The lowest BCUT2D eigenvalue weighted by atomic mass is 10.1. The van der Waals surface area contributed by atoms with E-state index >= 15 is 0 Å². The second-order valence-corrected chi connectivity index (χ2v) is 9.42. The van der Waals surface area contributed by atoms with Crippen LogP contribution in [0.5, 0.6) is 11.5 Å². The number of nitrogens with zero attached hydrogens (tertiary/aromatic N) is 3. The number of rotatable bonds is 10. The number of carbonyl (C=O) groups excluding carboxylic acids is 1. The topological polar surface area (TPSA) is 78.3 Å². The summed E-state index contributed by atoms with van der Waals surface area (Å²) in [7, 11) is 0. The molecule has 186 valence electrons. The molecule has 1 aromatic heterocycles. The first-order valence-electron chi connectivity index (χ1n) is 11.5. The molecule has 9 heteroatoms. The molecule has 1 heterocycles. The average Bonchev–Trinajstić information content (AvgIpc) is 3.28. The van der Waals surface area contributed by atoms with E-state index in [2.05, 4.69) is 15.5 Å². The Morgan fingerprint density at radius 3 is 2.33 bits per heavy atom. The van der Waals surface area contributed by atoms with Crippen LogP contribution in [0.1, 0.15) is 23.9 Å². The molecule has 3 aromatic carbocycles. The van der Waals surface area contributed by atoms with Crippen molar-refractivity contribution < 1.29 is 14.3 Å². The Balaban J connectivity index is 1.51. The summed E-state index contributed by atoms with van der Waals surface area (Å²) in [5.41, 5.74) is 3.92. The second kappa shape index (κ2) is 12.0. The van der Waals surface area contributed by atoms with Gasteiger partial charge in [-0.1, -0.05) is 29.4 Å². The normalized spacial score (nSPS) is 10.8. The predicted molar refractivity (Wildman–Crippen MR) is 144 cm³/mol. The van der Waals surface area contributed by atoms with Gasteiger partial charge in [-0.25, -0.2) is 0 Å². The molecule has 4 aromatic rings. The highest BCUT2D eigenvalue weighted by molar-refractivity contribution is 7.99. The van der Waals surface area contributed by atoms with Crippen molar-refractivity contribution in [2.75, 3.05) is 17.7 Å². The van der Waals surface area contributed by atoms with E-state index in [-0.39, 0.29) is 18.3 Å². The van der Waals surface area contributed by atoms with Gasteiger partial charge >= 0.3 is 0 Å². The maximum absolute atomic E-state index is 12.7. The number of anilines is 1. The molecule has 0 unspecified atom stereocenters. The van der Waals surface area contributed by atoms with E-state index in [0.29, 0.717) is 28.4 Å². The fraction of sp³-hybridized carbons (Fsp3) is 0.222. The third-order valence-electron chi connectivity index (χ3n) is 5.41. The van der Waals surface area contributed by atoms with Crippen molar-refractivity contribution in [3.8, 4) is 17.2 Å². The third kappa shape index (κ3) is 6.59. The van der Waals surface area contributed by atoms with E-state index in [0.717, 1.165) is 22.7 Å². The first-order chi connectivity index (χ1) is 17.4. The van der Waals surface area contributed by atoms with Gasteiger partial charge in [0.2, 0.25) is 5.91 Å². The zero-order valence-electron chi connectivity index (χ0n) is 20.3. The lowest BCUT2D eigenvalue weighted by molar-refractivity contribution is -0.113. The van der Waals surface area contributed by atoms with Crippen LogP contribution in [-0.4, -0.2) is 33.0 Å². The standard InChI is InChI=1S/C27H27ClN4O3S/c1-4-34-23-13-9-22(10-14-23)32-25(16-35-24-11-6-20(28)7-12-24)30-31-27(32)36-17-26(33)29-21-8-5-18(2)19(3)15-21/h5-15H,4,16-17H2,1-3H3,(H,29,33). The molecule has 0 aliphatic heterocycles. The molecule has 0 radical (unpaired) electrons. The molecular weight excluding hydrogens is 496 g/mol. The Bertz CT molecular complexity index is 1320. The van der Waals surface area contributed by atoms with E-state index in [1.165, 1.54) is 17.3 Å². The molecule has 0 aliphatic carbocycles. The summed E-state index contributed by atoms with van der Waals surface area (Å²) >= 11 is 7.28. The zero-order chi connectivity index (χ0) is 25.5. The fourth-order valence-corrected chi connectivity index (χ4v) is 4.33. The smallest absolute Gasteiger partial charge is 0.234 e. The van der Waals surface area contributed by atoms with Crippen LogP contribution < -0.4 is 14.8 Å². The van der Waals surface area contributed by atoms with Crippen LogP contribution in [0, 0.1) is 13.8 Å². The van der Waals surface area contributed by atoms with E-state index in [1.54, 1.807) is 24.3 Å². The lowest BCUT2D eigenvalue weighted by Gasteiger charge is -2.12. The predicted octanol–water partition coefficient (Wildman–Crippen LogP) is 6.25. The van der Waals surface area contributed by atoms with Crippen molar-refractivity contribution in [1.29, 1.82) is 0 Å². The number of hydrogen-bond donors (Lipinski definition) is 1. The highest BCUT2D eigenvalue weighted by Gasteiger charge is 2.17. The highest BCUT2D eigenvalue weighted by atomic mass is 35.5. The number of amides is 1. The van der Waals surface area contributed by atoms with Gasteiger partial charge in [-0.3, -0.25) is 9.36 Å². The Hall–Kier alpha value is -3.49. The first-order valence-corrected chi connectivity index (χ1v) is 12.8. The number of benzene rings is 3. The van der Waals surface area contributed by atoms with E-state index in [9.17, 15) is 4.79 Å². The zero-order valence-corrected chi connectivity index (χ0v) is 21.9. The number of nitrogens with one attached hydrogen (secondary N) is 1. The number of hydrogen-bond acceptors (Lipinski definition) is 6. The summed E-state index contributed by atoms with van der Waals surface area (Å²) in [5, 5.41) is 12.9. The molecule has 0 spiro atoms. The molecule has 0 saturated heterocycles. The maximum atomic E-state index is 12.7. The molecule has 0 aliphatic rings. The summed E-state index contributed by atoms with van der Waals surface area (Å²) in [6, 6.07) is 20.6.